The Morgan fingerprint density at radius 1 is 0.920 bits per heavy atom. The van der Waals surface area contributed by atoms with Crippen molar-refractivity contribution in [1.29, 1.82) is 0 Å². The lowest BCUT2D eigenvalue weighted by Gasteiger charge is -2.35. The molecule has 0 saturated carbocycles. The van der Waals surface area contributed by atoms with Gasteiger partial charge in [0.25, 0.3) is 0 Å². The number of aromatic nitrogens is 4. The summed E-state index contributed by atoms with van der Waals surface area (Å²) in [5, 5.41) is 0. The number of ether oxygens (including phenoxy) is 1. The fourth-order valence-corrected chi connectivity index (χ4v) is 3.36. The fourth-order valence-electron chi connectivity index (χ4n) is 3.36. The van der Waals surface area contributed by atoms with E-state index in [-0.39, 0.29) is 0 Å². The summed E-state index contributed by atoms with van der Waals surface area (Å²) in [6, 6.07) is 2.11. The predicted molar refractivity (Wildman–Crippen MR) is 91.2 cm³/mol. The van der Waals surface area contributed by atoms with Gasteiger partial charge in [0.1, 0.15) is 12.1 Å². The lowest BCUT2D eigenvalue weighted by molar-refractivity contribution is 0.0845. The number of anilines is 2. The second kappa shape index (κ2) is 7.26. The Kier molecular flexibility index (Phi) is 4.69. The van der Waals surface area contributed by atoms with Crippen molar-refractivity contribution in [3.8, 4) is 0 Å². The first kappa shape index (κ1) is 16.1. The number of piperazine rings is 1. The van der Waals surface area contributed by atoms with Crippen LogP contribution in [0.2, 0.25) is 0 Å². The van der Waals surface area contributed by atoms with E-state index in [1.54, 1.807) is 6.33 Å². The predicted octanol–water partition coefficient (Wildman–Crippen LogP) is 1.63. The highest BCUT2D eigenvalue weighted by Crippen LogP contribution is 2.27. The largest absolute Gasteiger partial charge is 0.381 e. The highest BCUT2D eigenvalue weighted by Gasteiger charge is 2.22. The van der Waals surface area contributed by atoms with E-state index in [9.17, 15) is 4.39 Å². The average molecular weight is 344 g/mol. The highest BCUT2D eigenvalue weighted by atomic mass is 19.1. The highest BCUT2D eigenvalue weighted by molar-refractivity contribution is 5.43. The standard InChI is InChI=1S/C17H21FN6O/c18-14-10-19-17(20-11-14)24-5-3-23(4-6-24)16-9-15(21-12-22-16)13-1-7-25-8-2-13/h9-13H,1-8H2. The van der Waals surface area contributed by atoms with E-state index < -0.39 is 5.82 Å². The second-order valence-electron chi connectivity index (χ2n) is 6.36. The smallest absolute Gasteiger partial charge is 0.225 e. The van der Waals surface area contributed by atoms with Crippen molar-refractivity contribution in [1.82, 2.24) is 19.9 Å². The van der Waals surface area contributed by atoms with E-state index in [1.807, 2.05) is 0 Å². The molecule has 2 aliphatic heterocycles. The summed E-state index contributed by atoms with van der Waals surface area (Å²) >= 11 is 0. The van der Waals surface area contributed by atoms with E-state index in [1.165, 1.54) is 12.4 Å². The number of nitrogens with zero attached hydrogens (tertiary/aromatic N) is 6. The summed E-state index contributed by atoms with van der Waals surface area (Å²) in [6.45, 7) is 4.82. The minimum absolute atomic E-state index is 0.413. The molecule has 0 unspecified atom stereocenters. The Bertz CT molecular complexity index is 699. The monoisotopic (exact) mass is 344 g/mol. The van der Waals surface area contributed by atoms with Crippen molar-refractivity contribution in [2.24, 2.45) is 0 Å². The molecule has 132 valence electrons. The maximum atomic E-state index is 13.0. The zero-order valence-corrected chi connectivity index (χ0v) is 14.0. The summed E-state index contributed by atoms with van der Waals surface area (Å²) in [4.78, 5) is 21.4. The summed E-state index contributed by atoms with van der Waals surface area (Å²) < 4.78 is 18.4. The molecule has 0 N–H and O–H groups in total. The van der Waals surface area contributed by atoms with Gasteiger partial charge in [-0.2, -0.15) is 0 Å². The van der Waals surface area contributed by atoms with Crippen molar-refractivity contribution in [3.63, 3.8) is 0 Å². The van der Waals surface area contributed by atoms with Crippen LogP contribution >= 0.6 is 0 Å². The van der Waals surface area contributed by atoms with Crippen molar-refractivity contribution < 1.29 is 9.13 Å². The minimum atomic E-state index is -0.413. The average Bonchev–Trinajstić information content (AvgIpc) is 2.70. The molecule has 4 rings (SSSR count). The Labute approximate surface area is 145 Å². The number of halogens is 1. The van der Waals surface area contributed by atoms with Gasteiger partial charge >= 0.3 is 0 Å². The minimum Gasteiger partial charge on any atom is -0.381 e. The molecular formula is C17H21FN6O. The molecule has 8 heteroatoms. The third-order valence-electron chi connectivity index (χ3n) is 4.81. The molecule has 2 fully saturated rings. The maximum absolute atomic E-state index is 13.0. The van der Waals surface area contributed by atoms with Gasteiger partial charge in [-0.15, -0.1) is 0 Å². The Hall–Kier alpha value is -2.35. The van der Waals surface area contributed by atoms with Crippen LogP contribution in [0.3, 0.4) is 0 Å². The quantitative estimate of drug-likeness (QED) is 0.838. The van der Waals surface area contributed by atoms with Gasteiger partial charge in [-0.05, 0) is 12.8 Å². The Morgan fingerprint density at radius 2 is 1.60 bits per heavy atom. The van der Waals surface area contributed by atoms with Gasteiger partial charge in [-0.3, -0.25) is 0 Å². The Balaban J connectivity index is 1.41. The van der Waals surface area contributed by atoms with Crippen LogP contribution in [0.5, 0.6) is 0 Å². The number of hydrogen-bond acceptors (Lipinski definition) is 7. The first-order valence-electron chi connectivity index (χ1n) is 8.67. The van der Waals surface area contributed by atoms with Gasteiger partial charge in [-0.1, -0.05) is 0 Å². The molecule has 2 saturated heterocycles. The topological polar surface area (TPSA) is 67.3 Å². The molecule has 0 radical (unpaired) electrons. The fraction of sp³-hybridized carbons (Fsp3) is 0.529. The van der Waals surface area contributed by atoms with Gasteiger partial charge in [0.2, 0.25) is 5.95 Å². The lowest BCUT2D eigenvalue weighted by Crippen LogP contribution is -2.47. The van der Waals surface area contributed by atoms with Crippen LogP contribution in [0, 0.1) is 5.82 Å². The molecular weight excluding hydrogens is 323 g/mol. The molecule has 7 nitrogen and oxygen atoms in total. The Morgan fingerprint density at radius 3 is 2.32 bits per heavy atom. The van der Waals surface area contributed by atoms with Crippen molar-refractivity contribution in [2.45, 2.75) is 18.8 Å². The van der Waals surface area contributed by atoms with Gasteiger partial charge in [0, 0.05) is 57.1 Å². The zero-order chi connectivity index (χ0) is 17.1. The van der Waals surface area contributed by atoms with E-state index in [4.69, 9.17) is 4.74 Å². The first-order valence-corrected chi connectivity index (χ1v) is 8.67. The van der Waals surface area contributed by atoms with E-state index in [0.717, 1.165) is 63.7 Å². The summed E-state index contributed by atoms with van der Waals surface area (Å²) in [7, 11) is 0. The molecule has 4 heterocycles. The van der Waals surface area contributed by atoms with E-state index in [2.05, 4.69) is 35.8 Å². The van der Waals surface area contributed by atoms with E-state index >= 15 is 0 Å². The molecule has 0 spiro atoms. The lowest BCUT2D eigenvalue weighted by atomic mass is 9.96. The molecule has 2 aromatic rings. The SMILES string of the molecule is Fc1cnc(N2CCN(c3cc(C4CCOCC4)ncn3)CC2)nc1. The third-order valence-corrected chi connectivity index (χ3v) is 4.81. The molecule has 0 bridgehead atoms. The number of rotatable bonds is 3. The third kappa shape index (κ3) is 3.68. The van der Waals surface area contributed by atoms with E-state index in [0.29, 0.717) is 11.9 Å². The number of hydrogen-bond donors (Lipinski definition) is 0. The van der Waals surface area contributed by atoms with Crippen LogP contribution in [-0.2, 0) is 4.74 Å². The van der Waals surface area contributed by atoms with Crippen molar-refractivity contribution in [3.05, 3.63) is 36.3 Å². The van der Waals surface area contributed by atoms with Gasteiger partial charge < -0.3 is 14.5 Å². The van der Waals surface area contributed by atoms with Crippen molar-refractivity contribution in [2.75, 3.05) is 49.2 Å². The summed E-state index contributed by atoms with van der Waals surface area (Å²) in [5.74, 6) is 1.59. The molecule has 2 aromatic heterocycles. The zero-order valence-electron chi connectivity index (χ0n) is 14.0. The molecule has 0 atom stereocenters. The molecule has 2 aliphatic rings. The van der Waals surface area contributed by atoms with Crippen LogP contribution in [-0.4, -0.2) is 59.3 Å². The summed E-state index contributed by atoms with van der Waals surface area (Å²) in [5.41, 5.74) is 1.11. The molecule has 0 aliphatic carbocycles. The van der Waals surface area contributed by atoms with Crippen LogP contribution < -0.4 is 9.80 Å². The normalized spacial score (nSPS) is 19.2. The summed E-state index contributed by atoms with van der Waals surface area (Å²) in [6.07, 6.45) is 6.12. The maximum Gasteiger partial charge on any atom is 0.225 e. The van der Waals surface area contributed by atoms with Gasteiger partial charge in [-0.25, -0.2) is 24.3 Å². The molecule has 25 heavy (non-hydrogen) atoms. The first-order chi connectivity index (χ1) is 12.3. The second-order valence-corrected chi connectivity index (χ2v) is 6.36. The molecule has 0 amide bonds. The van der Waals surface area contributed by atoms with Gasteiger partial charge in [0.05, 0.1) is 12.4 Å². The molecule has 0 aromatic carbocycles. The van der Waals surface area contributed by atoms with Gasteiger partial charge in [0.15, 0.2) is 5.82 Å². The van der Waals surface area contributed by atoms with Crippen LogP contribution in [0.15, 0.2) is 24.8 Å². The van der Waals surface area contributed by atoms with Crippen LogP contribution in [0.1, 0.15) is 24.5 Å². The van der Waals surface area contributed by atoms with Crippen LogP contribution in [0.4, 0.5) is 16.2 Å². The van der Waals surface area contributed by atoms with Crippen LogP contribution in [0.25, 0.3) is 0 Å². The van der Waals surface area contributed by atoms with Crippen molar-refractivity contribution >= 4 is 11.8 Å².